The Labute approximate surface area is 170 Å². The van der Waals surface area contributed by atoms with E-state index in [0.717, 1.165) is 25.7 Å². The second-order valence-corrected chi connectivity index (χ2v) is 7.59. The van der Waals surface area contributed by atoms with Crippen LogP contribution in [0.15, 0.2) is 24.3 Å². The molecule has 0 amide bonds. The number of aliphatic carboxylic acids is 1. The van der Waals surface area contributed by atoms with Crippen LogP contribution in [0.1, 0.15) is 65.7 Å². The van der Waals surface area contributed by atoms with Crippen LogP contribution >= 0.6 is 0 Å². The summed E-state index contributed by atoms with van der Waals surface area (Å²) < 4.78 is -0.0199. The minimum Gasteiger partial charge on any atom is -0.477 e. The minimum atomic E-state index is -0.960. The summed E-state index contributed by atoms with van der Waals surface area (Å²) >= 11 is 0. The number of nitrogens with zero attached hydrogens (tertiary/aromatic N) is 1. The van der Waals surface area contributed by atoms with Gasteiger partial charge in [0.05, 0.1) is 6.61 Å². The molecule has 0 aliphatic rings. The van der Waals surface area contributed by atoms with Crippen LogP contribution < -0.4 is 0 Å². The van der Waals surface area contributed by atoms with Crippen LogP contribution in [0.4, 0.5) is 0 Å². The summed E-state index contributed by atoms with van der Waals surface area (Å²) in [6.45, 7) is 6.34. The van der Waals surface area contributed by atoms with Gasteiger partial charge >= 0.3 is 5.97 Å². The first kappa shape index (κ1) is 26.8. The van der Waals surface area contributed by atoms with Crippen LogP contribution in [-0.4, -0.2) is 75.4 Å². The lowest BCUT2D eigenvalue weighted by Crippen LogP contribution is -2.64. The van der Waals surface area contributed by atoms with Crippen molar-refractivity contribution < 1.29 is 29.7 Å². The summed E-state index contributed by atoms with van der Waals surface area (Å²) in [5.41, 5.74) is 0. The average Bonchev–Trinajstić information content (AvgIpc) is 2.62. The van der Waals surface area contributed by atoms with Gasteiger partial charge in [-0.2, -0.15) is 0 Å². The van der Waals surface area contributed by atoms with Gasteiger partial charge in [0.25, 0.3) is 0 Å². The first-order valence-corrected chi connectivity index (χ1v) is 10.7. The Morgan fingerprint density at radius 2 is 1.36 bits per heavy atom. The molecule has 4 atom stereocenters. The number of quaternary nitrogens is 1. The zero-order valence-electron chi connectivity index (χ0n) is 18.0. The van der Waals surface area contributed by atoms with Gasteiger partial charge in [-0.3, -0.25) is 0 Å². The highest BCUT2D eigenvalue weighted by molar-refractivity contribution is 5.72. The number of aliphatic hydroxyl groups excluding tert-OH is 3. The Kier molecular flexibility index (Phi) is 15.0. The minimum absolute atomic E-state index is 0.0199. The summed E-state index contributed by atoms with van der Waals surface area (Å²) in [6, 6.07) is -0.782. The fraction of sp³-hybridized carbons (Fsp3) is 0.773. The maximum Gasteiger partial charge on any atom is 0.362 e. The van der Waals surface area contributed by atoms with Gasteiger partial charge in [-0.05, 0) is 25.7 Å². The molecule has 6 nitrogen and oxygen atoms in total. The van der Waals surface area contributed by atoms with Crippen molar-refractivity contribution in [1.82, 2.24) is 0 Å². The van der Waals surface area contributed by atoms with Crippen molar-refractivity contribution in [3.8, 4) is 0 Å². The second-order valence-electron chi connectivity index (χ2n) is 7.59. The third kappa shape index (κ3) is 10.4. The number of allylic oxidation sites excluding steroid dienone is 2. The van der Waals surface area contributed by atoms with Crippen molar-refractivity contribution in [2.45, 2.75) is 84.0 Å². The monoisotopic (exact) mass is 400 g/mol. The van der Waals surface area contributed by atoms with Gasteiger partial charge in [0.2, 0.25) is 0 Å². The van der Waals surface area contributed by atoms with E-state index in [1.54, 1.807) is 6.92 Å². The number of aliphatic hydroxyl groups is 3. The molecule has 0 aliphatic carbocycles. The van der Waals surface area contributed by atoms with Crippen molar-refractivity contribution >= 4 is 5.97 Å². The van der Waals surface area contributed by atoms with Gasteiger partial charge < -0.3 is 24.9 Å². The molecule has 4 unspecified atom stereocenters. The molecule has 0 radical (unpaired) electrons. The molecule has 0 aromatic carbocycles. The first-order valence-electron chi connectivity index (χ1n) is 10.7. The highest BCUT2D eigenvalue weighted by atomic mass is 16.4. The summed E-state index contributed by atoms with van der Waals surface area (Å²) in [5.74, 6) is -0.960. The van der Waals surface area contributed by atoms with Crippen LogP contribution in [0.3, 0.4) is 0 Å². The number of hydrogen-bond acceptors (Lipinski definition) is 4. The maximum atomic E-state index is 11.9. The molecule has 6 heteroatoms. The maximum absolute atomic E-state index is 11.9. The van der Waals surface area contributed by atoms with Gasteiger partial charge in [0.15, 0.2) is 6.04 Å². The van der Waals surface area contributed by atoms with Gasteiger partial charge in [0.1, 0.15) is 31.8 Å². The fourth-order valence-corrected chi connectivity index (χ4v) is 3.73. The topological polar surface area (TPSA) is 98.0 Å². The molecule has 28 heavy (non-hydrogen) atoms. The molecule has 0 spiro atoms. The van der Waals surface area contributed by atoms with Crippen LogP contribution in [0.5, 0.6) is 0 Å². The van der Waals surface area contributed by atoms with Crippen LogP contribution in [0, 0.1) is 0 Å². The van der Waals surface area contributed by atoms with Crippen LogP contribution in [-0.2, 0) is 4.79 Å². The first-order chi connectivity index (χ1) is 13.4. The van der Waals surface area contributed by atoms with E-state index >= 15 is 0 Å². The number of hydrogen-bond donors (Lipinski definition) is 4. The quantitative estimate of drug-likeness (QED) is 0.222. The molecule has 0 rings (SSSR count). The molecule has 0 heterocycles. The molecular formula is C22H42NO5+. The van der Waals surface area contributed by atoms with E-state index in [0.29, 0.717) is 19.3 Å². The lowest BCUT2D eigenvalue weighted by atomic mass is 10.0. The Bertz CT molecular complexity index is 438. The molecule has 4 N–H and O–H groups in total. The zero-order valence-corrected chi connectivity index (χ0v) is 18.0. The predicted octanol–water partition coefficient (Wildman–Crippen LogP) is 2.87. The van der Waals surface area contributed by atoms with Gasteiger partial charge in [0, 0.05) is 6.42 Å². The molecule has 0 fully saturated rings. The third-order valence-corrected chi connectivity index (χ3v) is 5.09. The van der Waals surface area contributed by atoms with Gasteiger partial charge in [-0.15, -0.1) is 0 Å². The normalized spacial score (nSPS) is 17.6. The highest BCUT2D eigenvalue weighted by Gasteiger charge is 2.43. The van der Waals surface area contributed by atoms with Gasteiger partial charge in [-0.1, -0.05) is 57.9 Å². The van der Waals surface area contributed by atoms with Crippen molar-refractivity contribution in [3.63, 3.8) is 0 Å². The molecule has 0 aromatic heterocycles. The Balaban J connectivity index is 5.42. The number of unbranched alkanes of at least 4 members (excludes halogenated alkanes) is 2. The summed E-state index contributed by atoms with van der Waals surface area (Å²) in [6.07, 6.45) is 11.6. The standard InChI is InChI=1S/C22H41NO5/c1-4-7-9-11-13-19(25)17-23(15-16-24,21(6-3)22(27)28)18-20(26)14-12-10-8-5-2/h9-12,19-21,24-26H,4-8,13-18H2,1-3H3/p+1/b11-9-,12-10+. The van der Waals surface area contributed by atoms with E-state index < -0.39 is 24.2 Å². The number of carbonyl (C=O) groups is 1. The number of carboxylic acid groups (broad SMARTS) is 1. The summed E-state index contributed by atoms with van der Waals surface area (Å²) in [7, 11) is 0. The lowest BCUT2D eigenvalue weighted by Gasteiger charge is -2.44. The van der Waals surface area contributed by atoms with E-state index in [1.165, 1.54) is 0 Å². The largest absolute Gasteiger partial charge is 0.477 e. The highest BCUT2D eigenvalue weighted by Crippen LogP contribution is 2.22. The molecule has 0 bridgehead atoms. The van der Waals surface area contributed by atoms with Crippen molar-refractivity contribution in [3.05, 3.63) is 24.3 Å². The van der Waals surface area contributed by atoms with Crippen molar-refractivity contribution in [2.24, 2.45) is 0 Å². The predicted molar refractivity (Wildman–Crippen MR) is 113 cm³/mol. The molecular weight excluding hydrogens is 358 g/mol. The molecule has 164 valence electrons. The number of rotatable bonds is 17. The van der Waals surface area contributed by atoms with E-state index in [-0.39, 0.29) is 30.7 Å². The SMILES string of the molecule is CCC/C=C\CC(O)C[N+](CCO)(CC(O)C/C=C/CCC)C(CC)C(=O)O. The van der Waals surface area contributed by atoms with Gasteiger partial charge in [-0.25, -0.2) is 4.79 Å². The van der Waals surface area contributed by atoms with E-state index in [4.69, 9.17) is 0 Å². The molecule has 0 saturated carbocycles. The van der Waals surface area contributed by atoms with Crippen molar-refractivity contribution in [1.29, 1.82) is 0 Å². The molecule has 0 aromatic rings. The molecule has 0 aliphatic heterocycles. The average molecular weight is 401 g/mol. The smallest absolute Gasteiger partial charge is 0.362 e. The van der Waals surface area contributed by atoms with Crippen LogP contribution in [0.25, 0.3) is 0 Å². The zero-order chi connectivity index (χ0) is 21.4. The Hall–Kier alpha value is -1.21. The van der Waals surface area contributed by atoms with E-state index in [2.05, 4.69) is 13.8 Å². The summed E-state index contributed by atoms with van der Waals surface area (Å²) in [5, 5.41) is 40.5. The number of carboxylic acids is 1. The van der Waals surface area contributed by atoms with Crippen LogP contribution in [0.2, 0.25) is 0 Å². The fourth-order valence-electron chi connectivity index (χ4n) is 3.73. The second kappa shape index (κ2) is 15.7. The Morgan fingerprint density at radius 1 is 0.893 bits per heavy atom. The Morgan fingerprint density at radius 3 is 1.68 bits per heavy atom. The molecule has 0 saturated heterocycles. The van der Waals surface area contributed by atoms with Crippen molar-refractivity contribution in [2.75, 3.05) is 26.2 Å². The third-order valence-electron chi connectivity index (χ3n) is 5.09. The van der Waals surface area contributed by atoms with E-state index in [1.807, 2.05) is 24.3 Å². The van der Waals surface area contributed by atoms with E-state index in [9.17, 15) is 25.2 Å². The lowest BCUT2D eigenvalue weighted by molar-refractivity contribution is -0.948. The summed E-state index contributed by atoms with van der Waals surface area (Å²) in [4.78, 5) is 11.9.